The predicted molar refractivity (Wildman–Crippen MR) is 146 cm³/mol. The van der Waals surface area contributed by atoms with Gasteiger partial charge in [0.25, 0.3) is 0 Å². The molecule has 5 rings (SSSR count). The molecule has 8 heteroatoms. The minimum absolute atomic E-state index is 0.253. The molecule has 0 N–H and O–H groups in total. The van der Waals surface area contributed by atoms with Crippen molar-refractivity contribution in [3.05, 3.63) is 53.9 Å². The Kier molecular flexibility index (Phi) is 7.15. The number of nitrogens with zero attached hydrogens (tertiary/aromatic N) is 3. The van der Waals surface area contributed by atoms with Crippen LogP contribution in [0.3, 0.4) is 0 Å². The zero-order valence-electron chi connectivity index (χ0n) is 22.7. The third-order valence-electron chi connectivity index (χ3n) is 6.97. The Bertz CT molecular complexity index is 1370. The van der Waals surface area contributed by atoms with Crippen molar-refractivity contribution >= 4 is 22.6 Å². The van der Waals surface area contributed by atoms with Gasteiger partial charge < -0.3 is 23.8 Å². The minimum Gasteiger partial charge on any atom is -0.493 e. The van der Waals surface area contributed by atoms with E-state index in [1.54, 1.807) is 12.0 Å². The van der Waals surface area contributed by atoms with Crippen molar-refractivity contribution in [2.45, 2.75) is 52.6 Å². The lowest BCUT2D eigenvalue weighted by Gasteiger charge is -2.33. The first-order chi connectivity index (χ1) is 18.2. The predicted octanol–water partition coefficient (Wildman–Crippen LogP) is 6.42. The van der Waals surface area contributed by atoms with Crippen LogP contribution < -0.4 is 14.2 Å². The molecule has 0 radical (unpaired) electrons. The van der Waals surface area contributed by atoms with Gasteiger partial charge in [-0.1, -0.05) is 12.1 Å². The summed E-state index contributed by atoms with van der Waals surface area (Å²) in [5, 5.41) is 0.745. The Balaban J connectivity index is 1.26. The number of benzene rings is 2. The van der Waals surface area contributed by atoms with Crippen molar-refractivity contribution in [1.29, 1.82) is 0 Å². The quantitative estimate of drug-likeness (QED) is 0.373. The van der Waals surface area contributed by atoms with Crippen LogP contribution in [-0.2, 0) is 11.2 Å². The monoisotopic (exact) mass is 517 g/mol. The zero-order valence-corrected chi connectivity index (χ0v) is 22.7. The number of ether oxygens (including phenoxy) is 4. The van der Waals surface area contributed by atoms with Gasteiger partial charge in [-0.3, -0.25) is 0 Å². The number of hydrogen-bond donors (Lipinski definition) is 0. The fourth-order valence-electron chi connectivity index (χ4n) is 4.86. The van der Waals surface area contributed by atoms with Crippen molar-refractivity contribution in [3.8, 4) is 23.1 Å². The third-order valence-corrected chi connectivity index (χ3v) is 6.97. The van der Waals surface area contributed by atoms with E-state index < -0.39 is 5.60 Å². The topological polar surface area (TPSA) is 83.0 Å². The molecule has 3 aromatic rings. The number of carbonyl (C=O) groups excluding carboxylic acids is 1. The molecule has 2 aromatic carbocycles. The van der Waals surface area contributed by atoms with Crippen molar-refractivity contribution in [3.63, 3.8) is 0 Å². The van der Waals surface area contributed by atoms with Gasteiger partial charge in [-0.15, -0.1) is 0 Å². The van der Waals surface area contributed by atoms with E-state index in [9.17, 15) is 4.79 Å². The summed E-state index contributed by atoms with van der Waals surface area (Å²) in [5.41, 5.74) is 4.00. The molecule has 0 atom stereocenters. The van der Waals surface area contributed by atoms with E-state index in [-0.39, 0.29) is 6.09 Å². The molecular formula is C30H35N3O5. The van der Waals surface area contributed by atoms with E-state index in [1.807, 2.05) is 39.0 Å². The lowest BCUT2D eigenvalue weighted by atomic mass is 9.98. The average Bonchev–Trinajstić information content (AvgIpc) is 3.26. The summed E-state index contributed by atoms with van der Waals surface area (Å²) in [6, 6.07) is 9.87. The van der Waals surface area contributed by atoms with Crippen LogP contribution in [0, 0.1) is 5.92 Å². The SMILES string of the molecule is COc1cc2c(Oc3ccc4c(c3)C(C)=CC4)ncnc2cc1OCC1CCN(C(=O)OC(C)(C)C)CC1. The highest BCUT2D eigenvalue weighted by atomic mass is 16.6. The van der Waals surface area contributed by atoms with Gasteiger partial charge in [-0.05, 0) is 87.8 Å². The molecule has 8 nitrogen and oxygen atoms in total. The van der Waals surface area contributed by atoms with E-state index in [1.165, 1.54) is 23.0 Å². The second-order valence-electron chi connectivity index (χ2n) is 10.9. The van der Waals surface area contributed by atoms with Crippen molar-refractivity contribution < 1.29 is 23.7 Å². The van der Waals surface area contributed by atoms with E-state index in [4.69, 9.17) is 18.9 Å². The van der Waals surface area contributed by atoms with Crippen molar-refractivity contribution in [2.24, 2.45) is 5.92 Å². The van der Waals surface area contributed by atoms with E-state index in [0.29, 0.717) is 48.5 Å². The Hall–Kier alpha value is -3.81. The van der Waals surface area contributed by atoms with Crippen LogP contribution in [0.5, 0.6) is 23.1 Å². The molecule has 1 fully saturated rings. The van der Waals surface area contributed by atoms with E-state index >= 15 is 0 Å². The van der Waals surface area contributed by atoms with Gasteiger partial charge in [0, 0.05) is 19.2 Å². The number of piperidine rings is 1. The molecule has 0 saturated carbocycles. The van der Waals surface area contributed by atoms with Crippen LogP contribution >= 0.6 is 0 Å². The van der Waals surface area contributed by atoms with Crippen molar-refractivity contribution in [1.82, 2.24) is 14.9 Å². The molecule has 2 heterocycles. The zero-order chi connectivity index (χ0) is 26.9. The van der Waals surface area contributed by atoms with Crippen LogP contribution in [0.2, 0.25) is 0 Å². The molecule has 1 amide bonds. The maximum Gasteiger partial charge on any atom is 0.410 e. The number of amides is 1. The summed E-state index contributed by atoms with van der Waals surface area (Å²) in [5.74, 6) is 2.74. The van der Waals surface area contributed by atoms with E-state index in [2.05, 4.69) is 35.1 Å². The third kappa shape index (κ3) is 5.69. The molecule has 0 unspecified atom stereocenters. The van der Waals surface area contributed by atoms with Gasteiger partial charge in [0.05, 0.1) is 24.6 Å². The van der Waals surface area contributed by atoms with Gasteiger partial charge >= 0.3 is 6.09 Å². The van der Waals surface area contributed by atoms with Crippen LogP contribution in [-0.4, -0.2) is 53.4 Å². The first-order valence-electron chi connectivity index (χ1n) is 13.1. The average molecular weight is 518 g/mol. The lowest BCUT2D eigenvalue weighted by Crippen LogP contribution is -2.42. The fourth-order valence-corrected chi connectivity index (χ4v) is 4.86. The first-order valence-corrected chi connectivity index (χ1v) is 13.1. The van der Waals surface area contributed by atoms with E-state index in [0.717, 1.165) is 30.4 Å². The second kappa shape index (κ2) is 10.5. The Morgan fingerprint density at radius 2 is 1.87 bits per heavy atom. The van der Waals surface area contributed by atoms with Gasteiger partial charge in [0.2, 0.25) is 5.88 Å². The summed E-state index contributed by atoms with van der Waals surface area (Å²) in [6.07, 6.45) is 6.14. The van der Waals surface area contributed by atoms with Gasteiger partial charge in [-0.2, -0.15) is 0 Å². The van der Waals surface area contributed by atoms with Crippen LogP contribution in [0.1, 0.15) is 51.7 Å². The standard InChI is InChI=1S/C30H35N3O5/c1-19-6-7-21-8-9-22(14-23(19)21)37-28-24-15-26(35-5)27(16-25(24)31-18-32-28)36-17-20-10-12-33(13-11-20)29(34)38-30(2,3)4/h6,8-9,14-16,18,20H,7,10-13,17H2,1-5H3. The Labute approximate surface area is 223 Å². The van der Waals surface area contributed by atoms with Crippen LogP contribution in [0.4, 0.5) is 4.79 Å². The normalized spacial score (nSPS) is 15.7. The molecule has 1 saturated heterocycles. The molecule has 2 aliphatic rings. The van der Waals surface area contributed by atoms with Crippen LogP contribution in [0.15, 0.2) is 42.7 Å². The summed E-state index contributed by atoms with van der Waals surface area (Å²) in [6.45, 7) is 9.61. The lowest BCUT2D eigenvalue weighted by molar-refractivity contribution is 0.0164. The van der Waals surface area contributed by atoms with Gasteiger partial charge in [-0.25, -0.2) is 14.8 Å². The van der Waals surface area contributed by atoms with Crippen molar-refractivity contribution in [2.75, 3.05) is 26.8 Å². The molecule has 200 valence electrons. The molecule has 38 heavy (non-hydrogen) atoms. The number of carbonyl (C=O) groups is 1. The first kappa shape index (κ1) is 25.8. The number of aromatic nitrogens is 2. The molecular weight excluding hydrogens is 482 g/mol. The number of fused-ring (bicyclic) bond motifs is 2. The smallest absolute Gasteiger partial charge is 0.410 e. The largest absolute Gasteiger partial charge is 0.493 e. The summed E-state index contributed by atoms with van der Waals surface area (Å²) in [7, 11) is 1.62. The minimum atomic E-state index is -0.490. The number of allylic oxidation sites excluding steroid dienone is 2. The second-order valence-corrected chi connectivity index (χ2v) is 10.9. The maximum atomic E-state index is 12.3. The fraction of sp³-hybridized carbons (Fsp3) is 0.433. The molecule has 0 spiro atoms. The molecule has 1 aliphatic carbocycles. The summed E-state index contributed by atoms with van der Waals surface area (Å²) >= 11 is 0. The highest BCUT2D eigenvalue weighted by molar-refractivity contribution is 5.87. The number of likely N-dealkylation sites (tertiary alicyclic amines) is 1. The van der Waals surface area contributed by atoms with Crippen LogP contribution in [0.25, 0.3) is 16.5 Å². The summed E-state index contributed by atoms with van der Waals surface area (Å²) in [4.78, 5) is 23.0. The highest BCUT2D eigenvalue weighted by Crippen LogP contribution is 2.38. The Morgan fingerprint density at radius 1 is 1.08 bits per heavy atom. The van der Waals surface area contributed by atoms with Gasteiger partial charge in [0.15, 0.2) is 11.5 Å². The number of rotatable bonds is 6. The summed E-state index contributed by atoms with van der Waals surface area (Å²) < 4.78 is 23.6. The maximum absolute atomic E-state index is 12.3. The number of methoxy groups -OCH3 is 1. The molecule has 1 aromatic heterocycles. The number of hydrogen-bond acceptors (Lipinski definition) is 7. The van der Waals surface area contributed by atoms with Gasteiger partial charge in [0.1, 0.15) is 17.7 Å². The molecule has 1 aliphatic heterocycles. The molecule has 0 bridgehead atoms. The Morgan fingerprint density at radius 3 is 2.61 bits per heavy atom. The highest BCUT2D eigenvalue weighted by Gasteiger charge is 2.27.